The van der Waals surface area contributed by atoms with Crippen LogP contribution in [0.3, 0.4) is 0 Å². The summed E-state index contributed by atoms with van der Waals surface area (Å²) in [5.74, 6) is 1.22. The molecule has 1 aliphatic rings. The van der Waals surface area contributed by atoms with Gasteiger partial charge in [-0.2, -0.15) is 5.10 Å². The molecule has 0 radical (unpaired) electrons. The summed E-state index contributed by atoms with van der Waals surface area (Å²) in [6.07, 6.45) is 5.18. The number of amides is 1. The molecule has 22 heavy (non-hydrogen) atoms. The Morgan fingerprint density at radius 3 is 2.68 bits per heavy atom. The minimum Gasteiger partial charge on any atom is -0.324 e. The third-order valence-corrected chi connectivity index (χ3v) is 3.69. The standard InChI is InChI=1S/C14H17N5O.2ClH/c1-10(11-7-15-8-11)14(20)18-12-3-4-13(16-9-12)19-6-2-5-17-19;;/h2-6,9-11,15H,7-8H2,1H3,(H,18,20);2*1H. The van der Waals surface area contributed by atoms with E-state index in [1.165, 1.54) is 0 Å². The van der Waals surface area contributed by atoms with Crippen LogP contribution in [-0.2, 0) is 4.79 Å². The molecular formula is C14H19Cl2N5O. The summed E-state index contributed by atoms with van der Waals surface area (Å²) >= 11 is 0. The minimum atomic E-state index is 0. The molecule has 0 bridgehead atoms. The first-order chi connectivity index (χ1) is 9.74. The van der Waals surface area contributed by atoms with E-state index in [2.05, 4.69) is 20.7 Å². The van der Waals surface area contributed by atoms with Crippen LogP contribution in [0.1, 0.15) is 6.92 Å². The Labute approximate surface area is 141 Å². The van der Waals surface area contributed by atoms with Crippen molar-refractivity contribution in [3.8, 4) is 5.82 Å². The summed E-state index contributed by atoms with van der Waals surface area (Å²) in [4.78, 5) is 16.4. The molecule has 1 saturated heterocycles. The zero-order valence-corrected chi connectivity index (χ0v) is 13.7. The maximum absolute atomic E-state index is 12.1. The number of rotatable bonds is 4. The monoisotopic (exact) mass is 343 g/mol. The van der Waals surface area contributed by atoms with E-state index in [0.717, 1.165) is 18.9 Å². The number of pyridine rings is 1. The molecule has 1 aliphatic heterocycles. The summed E-state index contributed by atoms with van der Waals surface area (Å²) < 4.78 is 1.67. The molecule has 2 aromatic heterocycles. The van der Waals surface area contributed by atoms with Crippen molar-refractivity contribution in [2.45, 2.75) is 6.92 Å². The molecule has 1 amide bonds. The van der Waals surface area contributed by atoms with Gasteiger partial charge < -0.3 is 10.6 Å². The topological polar surface area (TPSA) is 71.8 Å². The molecule has 1 fully saturated rings. The predicted molar refractivity (Wildman–Crippen MR) is 90.0 cm³/mol. The van der Waals surface area contributed by atoms with E-state index in [4.69, 9.17) is 0 Å². The fourth-order valence-corrected chi connectivity index (χ4v) is 2.13. The number of halogens is 2. The van der Waals surface area contributed by atoms with Gasteiger partial charge in [0.15, 0.2) is 5.82 Å². The highest BCUT2D eigenvalue weighted by molar-refractivity contribution is 5.92. The molecule has 0 spiro atoms. The van der Waals surface area contributed by atoms with Gasteiger partial charge in [0.1, 0.15) is 0 Å². The van der Waals surface area contributed by atoms with Crippen molar-refractivity contribution in [1.82, 2.24) is 20.1 Å². The van der Waals surface area contributed by atoms with E-state index in [0.29, 0.717) is 11.6 Å². The molecule has 120 valence electrons. The van der Waals surface area contributed by atoms with E-state index in [1.54, 1.807) is 17.1 Å². The number of carbonyl (C=O) groups is 1. The normalized spacial score (nSPS) is 15.0. The molecule has 0 aromatic carbocycles. The van der Waals surface area contributed by atoms with Crippen molar-refractivity contribution in [2.75, 3.05) is 18.4 Å². The van der Waals surface area contributed by atoms with Crippen molar-refractivity contribution in [3.63, 3.8) is 0 Å². The largest absolute Gasteiger partial charge is 0.324 e. The van der Waals surface area contributed by atoms with Gasteiger partial charge in [-0.1, -0.05) is 6.92 Å². The maximum atomic E-state index is 12.1. The van der Waals surface area contributed by atoms with Crippen molar-refractivity contribution in [1.29, 1.82) is 0 Å². The molecule has 3 heterocycles. The van der Waals surface area contributed by atoms with Gasteiger partial charge in [0.05, 0.1) is 11.9 Å². The van der Waals surface area contributed by atoms with Crippen LogP contribution in [0.2, 0.25) is 0 Å². The molecular weight excluding hydrogens is 325 g/mol. The van der Waals surface area contributed by atoms with Gasteiger partial charge >= 0.3 is 0 Å². The van der Waals surface area contributed by atoms with Gasteiger partial charge in [-0.3, -0.25) is 4.79 Å². The van der Waals surface area contributed by atoms with E-state index >= 15 is 0 Å². The molecule has 0 saturated carbocycles. The van der Waals surface area contributed by atoms with E-state index < -0.39 is 0 Å². The van der Waals surface area contributed by atoms with Crippen molar-refractivity contribution in [3.05, 3.63) is 36.8 Å². The molecule has 6 nitrogen and oxygen atoms in total. The van der Waals surface area contributed by atoms with E-state index in [1.807, 2.05) is 31.3 Å². The quantitative estimate of drug-likeness (QED) is 0.889. The zero-order chi connectivity index (χ0) is 13.9. The molecule has 1 unspecified atom stereocenters. The lowest BCUT2D eigenvalue weighted by Crippen LogP contribution is -2.48. The Morgan fingerprint density at radius 2 is 2.18 bits per heavy atom. The molecule has 0 aliphatic carbocycles. The lowest BCUT2D eigenvalue weighted by Gasteiger charge is -2.31. The Balaban J connectivity index is 0.00000121. The summed E-state index contributed by atoms with van der Waals surface area (Å²) in [7, 11) is 0. The number of carbonyl (C=O) groups excluding carboxylic acids is 1. The number of hydrogen-bond donors (Lipinski definition) is 2. The van der Waals surface area contributed by atoms with Crippen LogP contribution in [0.25, 0.3) is 5.82 Å². The molecule has 2 N–H and O–H groups in total. The van der Waals surface area contributed by atoms with Crippen LogP contribution in [0.15, 0.2) is 36.8 Å². The Kier molecular flexibility index (Phi) is 6.80. The second-order valence-electron chi connectivity index (χ2n) is 5.05. The van der Waals surface area contributed by atoms with Crippen LogP contribution >= 0.6 is 24.8 Å². The van der Waals surface area contributed by atoms with Gasteiger partial charge in [-0.15, -0.1) is 24.8 Å². The maximum Gasteiger partial charge on any atom is 0.227 e. The predicted octanol–water partition coefficient (Wildman–Crippen LogP) is 1.90. The fourth-order valence-electron chi connectivity index (χ4n) is 2.13. The highest BCUT2D eigenvalue weighted by atomic mass is 35.5. The van der Waals surface area contributed by atoms with E-state index in [-0.39, 0.29) is 36.6 Å². The fraction of sp³-hybridized carbons (Fsp3) is 0.357. The summed E-state index contributed by atoms with van der Waals surface area (Å²) in [6.45, 7) is 3.81. The van der Waals surface area contributed by atoms with Crippen LogP contribution in [-0.4, -0.2) is 33.8 Å². The molecule has 3 rings (SSSR count). The van der Waals surface area contributed by atoms with Crippen LogP contribution in [0.5, 0.6) is 0 Å². The highest BCUT2D eigenvalue weighted by Gasteiger charge is 2.28. The summed E-state index contributed by atoms with van der Waals surface area (Å²) in [5, 5.41) is 10.2. The Hall–Kier alpha value is -1.63. The number of nitrogens with zero attached hydrogens (tertiary/aromatic N) is 3. The van der Waals surface area contributed by atoms with Crippen molar-refractivity contribution in [2.24, 2.45) is 11.8 Å². The third kappa shape index (κ3) is 3.97. The van der Waals surface area contributed by atoms with Crippen molar-refractivity contribution >= 4 is 36.4 Å². The lowest BCUT2D eigenvalue weighted by atomic mass is 9.88. The molecule has 8 heteroatoms. The number of hydrogen-bond acceptors (Lipinski definition) is 4. The smallest absolute Gasteiger partial charge is 0.227 e. The second kappa shape index (κ2) is 8.12. The minimum absolute atomic E-state index is 0. The van der Waals surface area contributed by atoms with Gasteiger partial charge in [-0.05, 0) is 37.2 Å². The first-order valence-electron chi connectivity index (χ1n) is 6.71. The first-order valence-corrected chi connectivity index (χ1v) is 6.71. The Bertz CT molecular complexity index is 584. The number of anilines is 1. The lowest BCUT2D eigenvalue weighted by molar-refractivity contribution is -0.121. The van der Waals surface area contributed by atoms with Gasteiger partial charge in [-0.25, -0.2) is 9.67 Å². The third-order valence-electron chi connectivity index (χ3n) is 3.69. The first kappa shape index (κ1) is 18.4. The van der Waals surface area contributed by atoms with Crippen LogP contribution < -0.4 is 10.6 Å². The van der Waals surface area contributed by atoms with Crippen LogP contribution in [0.4, 0.5) is 5.69 Å². The SMILES string of the molecule is CC(C(=O)Nc1ccc(-n2cccn2)nc1)C1CNC1.Cl.Cl. The van der Waals surface area contributed by atoms with Gasteiger partial charge in [0, 0.05) is 18.3 Å². The molecule has 1 atom stereocenters. The molecule has 2 aromatic rings. The van der Waals surface area contributed by atoms with Gasteiger partial charge in [0.25, 0.3) is 0 Å². The highest BCUT2D eigenvalue weighted by Crippen LogP contribution is 2.18. The second-order valence-corrected chi connectivity index (χ2v) is 5.05. The number of nitrogens with one attached hydrogen (secondary N) is 2. The van der Waals surface area contributed by atoms with Crippen LogP contribution in [0, 0.1) is 11.8 Å². The average Bonchev–Trinajstić information content (AvgIpc) is 2.91. The average molecular weight is 344 g/mol. The number of aromatic nitrogens is 3. The van der Waals surface area contributed by atoms with Gasteiger partial charge in [0.2, 0.25) is 5.91 Å². The zero-order valence-electron chi connectivity index (χ0n) is 12.1. The summed E-state index contributed by atoms with van der Waals surface area (Å²) in [5.41, 5.74) is 0.713. The Morgan fingerprint density at radius 1 is 1.41 bits per heavy atom. The van der Waals surface area contributed by atoms with Crippen molar-refractivity contribution < 1.29 is 4.79 Å². The van der Waals surface area contributed by atoms with E-state index in [9.17, 15) is 4.79 Å². The summed E-state index contributed by atoms with van der Waals surface area (Å²) in [6, 6.07) is 5.51.